The van der Waals surface area contributed by atoms with Crippen LogP contribution in [-0.2, 0) is 17.7 Å². The highest BCUT2D eigenvalue weighted by molar-refractivity contribution is 7.12. The van der Waals surface area contributed by atoms with E-state index in [1.165, 1.54) is 18.3 Å². The summed E-state index contributed by atoms with van der Waals surface area (Å²) in [7, 11) is 0. The number of hydrogen-bond acceptors (Lipinski definition) is 6. The second kappa shape index (κ2) is 6.14. The highest BCUT2D eigenvalue weighted by atomic mass is 32.1. The van der Waals surface area contributed by atoms with Crippen LogP contribution in [0.2, 0.25) is 0 Å². The highest BCUT2D eigenvalue weighted by Gasteiger charge is 2.30. The number of amides is 1. The molecule has 2 aliphatic rings. The Labute approximate surface area is 143 Å². The number of thiophene rings is 1. The van der Waals surface area contributed by atoms with Crippen LogP contribution in [-0.4, -0.2) is 41.3 Å². The molecule has 0 N–H and O–H groups in total. The predicted molar refractivity (Wildman–Crippen MR) is 87.4 cm³/mol. The van der Waals surface area contributed by atoms with Crippen molar-refractivity contribution in [3.8, 4) is 0 Å². The quantitative estimate of drug-likeness (QED) is 0.799. The van der Waals surface area contributed by atoms with Crippen LogP contribution < -0.4 is 0 Å². The molecule has 0 aromatic carbocycles. The van der Waals surface area contributed by atoms with Crippen LogP contribution in [0.3, 0.4) is 0 Å². The van der Waals surface area contributed by atoms with Gasteiger partial charge in [-0.3, -0.25) is 9.59 Å². The van der Waals surface area contributed by atoms with Crippen molar-refractivity contribution >= 4 is 23.0 Å². The SMILES string of the molecule is CC(=O)c1cc(C(=O)N2CCc3oc(C4CCOC4)nc3C2)cs1. The van der Waals surface area contributed by atoms with Crippen molar-refractivity contribution in [3.05, 3.63) is 39.2 Å². The molecule has 0 saturated carbocycles. The average molecular weight is 346 g/mol. The number of hydrogen-bond donors (Lipinski definition) is 0. The molecule has 4 heterocycles. The number of carbonyl (C=O) groups is 2. The van der Waals surface area contributed by atoms with Crippen LogP contribution in [0.4, 0.5) is 0 Å². The van der Waals surface area contributed by atoms with Crippen LogP contribution >= 0.6 is 11.3 Å². The van der Waals surface area contributed by atoms with E-state index in [-0.39, 0.29) is 17.6 Å². The first-order valence-corrected chi connectivity index (χ1v) is 8.94. The summed E-state index contributed by atoms with van der Waals surface area (Å²) in [6, 6.07) is 1.68. The van der Waals surface area contributed by atoms with Crippen molar-refractivity contribution in [3.63, 3.8) is 0 Å². The summed E-state index contributed by atoms with van der Waals surface area (Å²) in [5.74, 6) is 1.78. The topological polar surface area (TPSA) is 72.6 Å². The summed E-state index contributed by atoms with van der Waals surface area (Å²) < 4.78 is 11.3. The van der Waals surface area contributed by atoms with Crippen LogP contribution in [0.15, 0.2) is 15.9 Å². The summed E-state index contributed by atoms with van der Waals surface area (Å²) in [4.78, 5) is 31.0. The first-order chi connectivity index (χ1) is 11.6. The van der Waals surface area contributed by atoms with Gasteiger partial charge in [0.15, 0.2) is 11.7 Å². The lowest BCUT2D eigenvalue weighted by atomic mass is 10.1. The van der Waals surface area contributed by atoms with Gasteiger partial charge in [0.1, 0.15) is 11.5 Å². The number of rotatable bonds is 3. The van der Waals surface area contributed by atoms with Gasteiger partial charge in [0.25, 0.3) is 5.91 Å². The Kier molecular flexibility index (Phi) is 3.97. The van der Waals surface area contributed by atoms with Gasteiger partial charge in [-0.1, -0.05) is 0 Å². The van der Waals surface area contributed by atoms with Gasteiger partial charge in [-0.25, -0.2) is 4.98 Å². The van der Waals surface area contributed by atoms with Gasteiger partial charge < -0.3 is 14.1 Å². The van der Waals surface area contributed by atoms with Crippen molar-refractivity contribution < 1.29 is 18.7 Å². The molecule has 1 saturated heterocycles. The van der Waals surface area contributed by atoms with Gasteiger partial charge >= 0.3 is 0 Å². The van der Waals surface area contributed by atoms with E-state index in [1.54, 1.807) is 16.3 Å². The molecule has 0 aliphatic carbocycles. The number of ketones is 1. The fourth-order valence-corrected chi connectivity index (χ4v) is 3.90. The number of ether oxygens (including phenoxy) is 1. The fourth-order valence-electron chi connectivity index (χ4n) is 3.11. The number of aromatic nitrogens is 1. The van der Waals surface area contributed by atoms with Crippen molar-refractivity contribution in [2.75, 3.05) is 19.8 Å². The standard InChI is InChI=1S/C17H18N2O4S/c1-10(20)15-6-12(9-24-15)17(21)19-4-2-14-13(7-19)18-16(23-14)11-3-5-22-8-11/h6,9,11H,2-5,7-8H2,1H3. The molecule has 0 spiro atoms. The van der Waals surface area contributed by atoms with Crippen molar-refractivity contribution in [1.29, 1.82) is 0 Å². The molecule has 0 bridgehead atoms. The molecule has 2 aromatic rings. The fraction of sp³-hybridized carbons (Fsp3) is 0.471. The Hall–Kier alpha value is -1.99. The third-order valence-corrected chi connectivity index (χ3v) is 5.53. The monoisotopic (exact) mass is 346 g/mol. The number of Topliss-reactive ketones (excluding diaryl/α,β-unsaturated/α-hetero) is 1. The minimum atomic E-state index is -0.0573. The Morgan fingerprint density at radius 1 is 1.42 bits per heavy atom. The molecule has 1 unspecified atom stereocenters. The molecule has 24 heavy (non-hydrogen) atoms. The van der Waals surface area contributed by atoms with E-state index in [9.17, 15) is 9.59 Å². The molecule has 4 rings (SSSR count). The van der Waals surface area contributed by atoms with Gasteiger partial charge in [0.05, 0.1) is 29.5 Å². The van der Waals surface area contributed by atoms with E-state index in [2.05, 4.69) is 4.98 Å². The Bertz CT molecular complexity index is 788. The minimum absolute atomic E-state index is 0.0140. The minimum Gasteiger partial charge on any atom is -0.445 e. The van der Waals surface area contributed by atoms with Crippen LogP contribution in [0.1, 0.15) is 56.6 Å². The first kappa shape index (κ1) is 15.5. The zero-order valence-corrected chi connectivity index (χ0v) is 14.2. The molecule has 1 amide bonds. The van der Waals surface area contributed by atoms with Crippen LogP contribution in [0.25, 0.3) is 0 Å². The summed E-state index contributed by atoms with van der Waals surface area (Å²) >= 11 is 1.31. The zero-order chi connectivity index (χ0) is 16.7. The third kappa shape index (κ3) is 2.78. The predicted octanol–water partition coefficient (Wildman–Crippen LogP) is 2.64. The van der Waals surface area contributed by atoms with E-state index < -0.39 is 0 Å². The Morgan fingerprint density at radius 3 is 3.00 bits per heavy atom. The molecule has 1 atom stereocenters. The second-order valence-electron chi connectivity index (χ2n) is 6.22. The number of carbonyl (C=O) groups excluding carboxylic acids is 2. The molecule has 2 aliphatic heterocycles. The number of oxazole rings is 1. The van der Waals surface area contributed by atoms with Gasteiger partial charge in [-0.2, -0.15) is 0 Å². The third-order valence-electron chi connectivity index (χ3n) is 4.50. The number of fused-ring (bicyclic) bond motifs is 1. The lowest BCUT2D eigenvalue weighted by molar-refractivity contribution is 0.0728. The molecule has 6 nitrogen and oxygen atoms in total. The van der Waals surface area contributed by atoms with Gasteiger partial charge in [0.2, 0.25) is 0 Å². The van der Waals surface area contributed by atoms with Crippen LogP contribution in [0.5, 0.6) is 0 Å². The maximum Gasteiger partial charge on any atom is 0.255 e. The zero-order valence-electron chi connectivity index (χ0n) is 13.4. The van der Waals surface area contributed by atoms with Gasteiger partial charge in [-0.05, 0) is 19.4 Å². The molecule has 2 aromatic heterocycles. The molecule has 7 heteroatoms. The summed E-state index contributed by atoms with van der Waals surface area (Å²) in [6.45, 7) is 3.98. The average Bonchev–Trinajstić information content (AvgIpc) is 3.31. The smallest absolute Gasteiger partial charge is 0.255 e. The van der Waals surface area contributed by atoms with E-state index >= 15 is 0 Å². The van der Waals surface area contributed by atoms with E-state index in [0.29, 0.717) is 36.6 Å². The van der Waals surface area contributed by atoms with E-state index in [1.807, 2.05) is 0 Å². The van der Waals surface area contributed by atoms with Gasteiger partial charge in [0, 0.05) is 25.0 Å². The highest BCUT2D eigenvalue weighted by Crippen LogP contribution is 2.29. The van der Waals surface area contributed by atoms with E-state index in [4.69, 9.17) is 9.15 Å². The molecule has 0 radical (unpaired) electrons. The van der Waals surface area contributed by atoms with Crippen molar-refractivity contribution in [2.24, 2.45) is 0 Å². The second-order valence-corrected chi connectivity index (χ2v) is 7.13. The van der Waals surface area contributed by atoms with Crippen molar-refractivity contribution in [1.82, 2.24) is 9.88 Å². The molecular formula is C17H18N2O4S. The maximum absolute atomic E-state index is 12.7. The maximum atomic E-state index is 12.7. The largest absolute Gasteiger partial charge is 0.445 e. The van der Waals surface area contributed by atoms with E-state index in [0.717, 1.165) is 30.4 Å². The van der Waals surface area contributed by atoms with Crippen molar-refractivity contribution in [2.45, 2.75) is 32.2 Å². The number of nitrogens with zero attached hydrogens (tertiary/aromatic N) is 2. The van der Waals surface area contributed by atoms with Crippen LogP contribution in [0, 0.1) is 0 Å². The molecular weight excluding hydrogens is 328 g/mol. The first-order valence-electron chi connectivity index (χ1n) is 8.07. The molecule has 1 fully saturated rings. The normalized spacial score (nSPS) is 20.2. The summed E-state index contributed by atoms with van der Waals surface area (Å²) in [6.07, 6.45) is 1.61. The summed E-state index contributed by atoms with van der Waals surface area (Å²) in [5.41, 5.74) is 1.42. The lowest BCUT2D eigenvalue weighted by Gasteiger charge is -2.24. The Morgan fingerprint density at radius 2 is 2.29 bits per heavy atom. The van der Waals surface area contributed by atoms with Gasteiger partial charge in [-0.15, -0.1) is 11.3 Å². The molecule has 126 valence electrons. The summed E-state index contributed by atoms with van der Waals surface area (Å²) in [5, 5.41) is 1.75. The Balaban J connectivity index is 1.50. The lowest BCUT2D eigenvalue weighted by Crippen LogP contribution is -2.35.